The molecule has 0 atom stereocenters. The van der Waals surface area contributed by atoms with E-state index in [-0.39, 0.29) is 6.10 Å². The van der Waals surface area contributed by atoms with Crippen molar-refractivity contribution in [2.24, 2.45) is 4.99 Å². The molecule has 178 valence electrons. The lowest BCUT2D eigenvalue weighted by atomic mass is 10.1. The Morgan fingerprint density at radius 1 is 1.15 bits per heavy atom. The fourth-order valence-corrected chi connectivity index (χ4v) is 3.91. The van der Waals surface area contributed by atoms with Crippen LogP contribution in [0.3, 0.4) is 0 Å². The van der Waals surface area contributed by atoms with E-state index in [2.05, 4.69) is 45.0 Å². The van der Waals surface area contributed by atoms with Gasteiger partial charge in [-0.1, -0.05) is 0 Å². The monoisotopic (exact) mass is 454 g/mol. The van der Waals surface area contributed by atoms with Gasteiger partial charge in [-0.25, -0.2) is 4.98 Å². The molecule has 0 unspecified atom stereocenters. The number of rotatable bonds is 9. The summed E-state index contributed by atoms with van der Waals surface area (Å²) in [6.07, 6.45) is 3.86. The van der Waals surface area contributed by atoms with Gasteiger partial charge in [-0.05, 0) is 26.0 Å². The van der Waals surface area contributed by atoms with Crippen molar-refractivity contribution in [1.29, 1.82) is 0 Å². The van der Waals surface area contributed by atoms with E-state index >= 15 is 0 Å². The Kier molecular flexibility index (Phi) is 8.09. The normalized spacial score (nSPS) is 17.8. The molecule has 2 aliphatic rings. The summed E-state index contributed by atoms with van der Waals surface area (Å²) in [5.41, 5.74) is 3.87. The first-order valence-corrected chi connectivity index (χ1v) is 11.6. The van der Waals surface area contributed by atoms with Crippen LogP contribution in [0.1, 0.15) is 13.8 Å². The van der Waals surface area contributed by atoms with Gasteiger partial charge < -0.3 is 24.4 Å². The van der Waals surface area contributed by atoms with E-state index in [1.807, 2.05) is 18.3 Å². The first-order chi connectivity index (χ1) is 16.1. The van der Waals surface area contributed by atoms with E-state index in [9.17, 15) is 0 Å². The SMILES string of the molecule is COc1ccc(-c2cc3c(cn2)NC(=NCCN2CCOCC2)CN3CCOC(C)C)cn1. The molecule has 0 aromatic carbocycles. The molecule has 1 saturated heterocycles. The maximum Gasteiger partial charge on any atom is 0.212 e. The van der Waals surface area contributed by atoms with Crippen LogP contribution in [0.2, 0.25) is 0 Å². The molecule has 9 heteroatoms. The predicted octanol–water partition coefficient (Wildman–Crippen LogP) is 2.54. The first-order valence-electron chi connectivity index (χ1n) is 11.6. The largest absolute Gasteiger partial charge is 0.481 e. The molecule has 4 heterocycles. The third kappa shape index (κ3) is 6.40. The number of pyridine rings is 2. The third-order valence-electron chi connectivity index (χ3n) is 5.72. The van der Waals surface area contributed by atoms with Gasteiger partial charge in [-0.15, -0.1) is 0 Å². The van der Waals surface area contributed by atoms with Crippen molar-refractivity contribution in [3.8, 4) is 17.1 Å². The molecule has 0 spiro atoms. The van der Waals surface area contributed by atoms with Crippen LogP contribution in [-0.2, 0) is 9.47 Å². The van der Waals surface area contributed by atoms with E-state index in [1.165, 1.54) is 0 Å². The number of morpholine rings is 1. The zero-order valence-electron chi connectivity index (χ0n) is 19.8. The number of methoxy groups -OCH3 is 1. The number of aliphatic imine (C=N–C) groups is 1. The van der Waals surface area contributed by atoms with Crippen LogP contribution in [-0.4, -0.2) is 93.0 Å². The zero-order valence-corrected chi connectivity index (χ0v) is 19.8. The predicted molar refractivity (Wildman–Crippen MR) is 131 cm³/mol. The Morgan fingerprint density at radius 3 is 2.73 bits per heavy atom. The number of fused-ring (bicyclic) bond motifs is 1. The smallest absolute Gasteiger partial charge is 0.212 e. The zero-order chi connectivity index (χ0) is 23.0. The summed E-state index contributed by atoms with van der Waals surface area (Å²) in [6, 6.07) is 5.93. The molecule has 2 aliphatic heterocycles. The van der Waals surface area contributed by atoms with Crippen molar-refractivity contribution >= 4 is 17.2 Å². The van der Waals surface area contributed by atoms with Crippen LogP contribution in [0.5, 0.6) is 5.88 Å². The highest BCUT2D eigenvalue weighted by Crippen LogP contribution is 2.32. The van der Waals surface area contributed by atoms with E-state index in [4.69, 9.17) is 19.2 Å². The van der Waals surface area contributed by atoms with Crippen LogP contribution < -0.4 is 15.0 Å². The fraction of sp³-hybridized carbons (Fsp3) is 0.542. The number of anilines is 2. The van der Waals surface area contributed by atoms with Gasteiger partial charge in [-0.3, -0.25) is 14.9 Å². The van der Waals surface area contributed by atoms with Crippen LogP contribution in [0, 0.1) is 0 Å². The minimum atomic E-state index is 0.201. The number of hydrogen-bond donors (Lipinski definition) is 1. The quantitative estimate of drug-likeness (QED) is 0.619. The maximum absolute atomic E-state index is 5.84. The molecular weight excluding hydrogens is 420 g/mol. The Bertz CT molecular complexity index is 928. The first kappa shape index (κ1) is 23.4. The van der Waals surface area contributed by atoms with Gasteiger partial charge in [0.1, 0.15) is 5.84 Å². The third-order valence-corrected chi connectivity index (χ3v) is 5.72. The second kappa shape index (κ2) is 11.4. The van der Waals surface area contributed by atoms with E-state index < -0.39 is 0 Å². The number of nitrogens with zero attached hydrogens (tertiary/aromatic N) is 5. The average Bonchev–Trinajstić information content (AvgIpc) is 2.84. The highest BCUT2D eigenvalue weighted by atomic mass is 16.5. The number of amidine groups is 1. The highest BCUT2D eigenvalue weighted by Gasteiger charge is 2.22. The molecule has 0 radical (unpaired) electrons. The molecule has 0 amide bonds. The van der Waals surface area contributed by atoms with Gasteiger partial charge in [0.25, 0.3) is 0 Å². The van der Waals surface area contributed by atoms with Crippen molar-refractivity contribution in [1.82, 2.24) is 14.9 Å². The summed E-state index contributed by atoms with van der Waals surface area (Å²) in [5.74, 6) is 1.55. The van der Waals surface area contributed by atoms with Crippen LogP contribution in [0.25, 0.3) is 11.3 Å². The van der Waals surface area contributed by atoms with Crippen LogP contribution >= 0.6 is 0 Å². The van der Waals surface area contributed by atoms with Gasteiger partial charge in [0.05, 0.1) is 69.4 Å². The van der Waals surface area contributed by atoms with Crippen LogP contribution in [0.15, 0.2) is 35.6 Å². The number of aromatic nitrogens is 2. The fourth-order valence-electron chi connectivity index (χ4n) is 3.91. The summed E-state index contributed by atoms with van der Waals surface area (Å²) < 4.78 is 16.4. The Labute approximate surface area is 195 Å². The molecule has 0 bridgehead atoms. The van der Waals surface area contributed by atoms with Crippen molar-refractivity contribution in [2.45, 2.75) is 20.0 Å². The van der Waals surface area contributed by atoms with Gasteiger partial charge in [0, 0.05) is 44.0 Å². The molecular formula is C24H34N6O3. The minimum absolute atomic E-state index is 0.201. The number of nitrogens with one attached hydrogen (secondary N) is 1. The van der Waals surface area contributed by atoms with E-state index in [0.717, 1.165) is 74.4 Å². The van der Waals surface area contributed by atoms with E-state index in [1.54, 1.807) is 13.3 Å². The molecule has 2 aromatic rings. The standard InChI is InChI=1S/C24H34N6O3/c1-18(2)33-13-10-30-17-23(25-6-7-29-8-11-32-12-9-29)28-21-16-26-20(14-22(21)30)19-4-5-24(31-3)27-15-19/h4-5,14-16,18H,6-13,17H2,1-3H3,(H,25,28). The molecule has 33 heavy (non-hydrogen) atoms. The average molecular weight is 455 g/mol. The van der Waals surface area contributed by atoms with Crippen molar-refractivity contribution in [3.63, 3.8) is 0 Å². The summed E-state index contributed by atoms with van der Waals surface area (Å²) in [5, 5.41) is 3.49. The molecule has 9 nitrogen and oxygen atoms in total. The summed E-state index contributed by atoms with van der Waals surface area (Å²) in [4.78, 5) is 18.6. The topological polar surface area (TPSA) is 84.3 Å². The Balaban J connectivity index is 1.50. The van der Waals surface area contributed by atoms with Gasteiger partial charge in [0.2, 0.25) is 5.88 Å². The van der Waals surface area contributed by atoms with Crippen molar-refractivity contribution in [3.05, 3.63) is 30.6 Å². The summed E-state index contributed by atoms with van der Waals surface area (Å²) in [7, 11) is 1.61. The lowest BCUT2D eigenvalue weighted by Crippen LogP contribution is -2.41. The molecule has 1 fully saturated rings. The second-order valence-electron chi connectivity index (χ2n) is 8.42. The van der Waals surface area contributed by atoms with Gasteiger partial charge >= 0.3 is 0 Å². The highest BCUT2D eigenvalue weighted by molar-refractivity contribution is 6.04. The molecule has 0 saturated carbocycles. The second-order valence-corrected chi connectivity index (χ2v) is 8.42. The van der Waals surface area contributed by atoms with Gasteiger partial charge in [0.15, 0.2) is 0 Å². The number of ether oxygens (including phenoxy) is 3. The maximum atomic E-state index is 5.84. The van der Waals surface area contributed by atoms with Gasteiger partial charge in [-0.2, -0.15) is 0 Å². The van der Waals surface area contributed by atoms with Crippen LogP contribution in [0.4, 0.5) is 11.4 Å². The Morgan fingerprint density at radius 2 is 2.00 bits per heavy atom. The lowest BCUT2D eigenvalue weighted by Gasteiger charge is -2.33. The molecule has 2 aromatic heterocycles. The number of hydrogen-bond acceptors (Lipinski definition) is 8. The lowest BCUT2D eigenvalue weighted by molar-refractivity contribution is 0.0394. The van der Waals surface area contributed by atoms with Crippen molar-refractivity contribution in [2.75, 3.05) is 76.4 Å². The minimum Gasteiger partial charge on any atom is -0.481 e. The molecule has 0 aliphatic carbocycles. The molecule has 4 rings (SSSR count). The summed E-state index contributed by atoms with van der Waals surface area (Å²) >= 11 is 0. The summed E-state index contributed by atoms with van der Waals surface area (Å²) in [6.45, 7) is 11.5. The Hall–Kier alpha value is -2.75. The molecule has 1 N–H and O–H groups in total. The van der Waals surface area contributed by atoms with E-state index in [0.29, 0.717) is 19.0 Å². The van der Waals surface area contributed by atoms with Crippen molar-refractivity contribution < 1.29 is 14.2 Å².